The Balaban J connectivity index is 1.42. The number of amides is 2. The average molecular weight is 680 g/mol. The summed E-state index contributed by atoms with van der Waals surface area (Å²) in [5.41, 5.74) is -1.71. The minimum absolute atomic E-state index is 0.0885. The molecule has 48 heavy (non-hydrogen) atoms. The van der Waals surface area contributed by atoms with Gasteiger partial charge in [0.2, 0.25) is 11.5 Å². The number of carbonyl (C=O) groups is 2. The van der Waals surface area contributed by atoms with Gasteiger partial charge in [-0.25, -0.2) is 9.37 Å². The van der Waals surface area contributed by atoms with E-state index in [1.807, 2.05) is 0 Å². The van der Waals surface area contributed by atoms with E-state index in [-0.39, 0.29) is 34.2 Å². The number of fused-ring (bicyclic) bond motifs is 2. The minimum Gasteiger partial charge on any atom is -0.494 e. The second-order valence-electron chi connectivity index (χ2n) is 11.7. The molecule has 254 valence electrons. The van der Waals surface area contributed by atoms with Crippen LogP contribution < -0.4 is 25.3 Å². The largest absolute Gasteiger partial charge is 0.494 e. The van der Waals surface area contributed by atoms with Crippen molar-refractivity contribution in [1.82, 2.24) is 20.1 Å². The molecular formula is C31H27F6N5O6. The molecule has 0 bridgehead atoms. The molecule has 1 unspecified atom stereocenters. The number of aromatic nitrogens is 3. The number of hydrogen-bond acceptors (Lipinski definition) is 8. The molecule has 2 amide bonds. The number of alkyl halides is 5. The molecule has 0 saturated heterocycles. The van der Waals surface area contributed by atoms with Gasteiger partial charge in [-0.05, 0) is 56.2 Å². The Kier molecular flexibility index (Phi) is 7.92. The lowest BCUT2D eigenvalue weighted by Crippen LogP contribution is -2.51. The summed E-state index contributed by atoms with van der Waals surface area (Å²) in [7, 11) is 1.35. The van der Waals surface area contributed by atoms with Crippen LogP contribution in [0.1, 0.15) is 47.4 Å². The van der Waals surface area contributed by atoms with Crippen LogP contribution in [0.5, 0.6) is 17.2 Å². The molecule has 2 aliphatic rings. The highest BCUT2D eigenvalue weighted by molar-refractivity contribution is 6.00. The lowest BCUT2D eigenvalue weighted by atomic mass is 9.81. The third-order valence-corrected chi connectivity index (χ3v) is 8.43. The SMILES string of the molecule is COc1cc(C(=O)NCC(O)(c2cc3c(c(-c4ccc(F)c(OC(F)F)c4)n2)OC[C@]3(C)C(N)=O)C(F)(F)F)cc2cn(C3CC3)nc12. The number of pyridine rings is 1. The molecule has 4 aromatic rings. The smallest absolute Gasteiger partial charge is 0.424 e. The molecule has 0 radical (unpaired) electrons. The van der Waals surface area contributed by atoms with Gasteiger partial charge in [-0.15, -0.1) is 0 Å². The molecule has 0 spiro atoms. The minimum atomic E-state index is -5.48. The fourth-order valence-electron chi connectivity index (χ4n) is 5.41. The van der Waals surface area contributed by atoms with Gasteiger partial charge in [0.05, 0.1) is 25.4 Å². The Hall–Kier alpha value is -5.06. The van der Waals surface area contributed by atoms with E-state index in [1.165, 1.54) is 26.2 Å². The van der Waals surface area contributed by atoms with E-state index in [2.05, 4.69) is 20.1 Å². The lowest BCUT2D eigenvalue weighted by Gasteiger charge is -2.31. The highest BCUT2D eigenvalue weighted by atomic mass is 19.4. The van der Waals surface area contributed by atoms with Crippen LogP contribution in [-0.2, 0) is 15.8 Å². The van der Waals surface area contributed by atoms with Gasteiger partial charge >= 0.3 is 12.8 Å². The maximum Gasteiger partial charge on any atom is 0.424 e. The van der Waals surface area contributed by atoms with Crippen LogP contribution in [-0.4, -0.2) is 64.7 Å². The van der Waals surface area contributed by atoms with Crippen LogP contribution in [0.2, 0.25) is 0 Å². The van der Waals surface area contributed by atoms with E-state index in [4.69, 9.17) is 15.2 Å². The van der Waals surface area contributed by atoms with Crippen molar-refractivity contribution in [3.8, 4) is 28.5 Å². The van der Waals surface area contributed by atoms with Gasteiger partial charge in [0.15, 0.2) is 11.6 Å². The first kappa shape index (κ1) is 32.9. The molecule has 1 aliphatic heterocycles. The number of nitrogens with one attached hydrogen (secondary N) is 1. The van der Waals surface area contributed by atoms with Crippen LogP contribution in [0.3, 0.4) is 0 Å². The summed E-state index contributed by atoms with van der Waals surface area (Å²) in [4.78, 5) is 29.7. The number of primary amides is 1. The predicted octanol–water partition coefficient (Wildman–Crippen LogP) is 4.50. The first-order chi connectivity index (χ1) is 22.6. The van der Waals surface area contributed by atoms with Gasteiger partial charge in [-0.2, -0.15) is 27.1 Å². The third kappa shape index (κ3) is 5.61. The quantitative estimate of drug-likeness (QED) is 0.208. The summed E-state index contributed by atoms with van der Waals surface area (Å²) < 4.78 is 101. The number of nitrogens with zero attached hydrogens (tertiary/aromatic N) is 3. The topological polar surface area (TPSA) is 151 Å². The first-order valence-electron chi connectivity index (χ1n) is 14.4. The number of nitrogens with two attached hydrogens (primary N) is 1. The summed E-state index contributed by atoms with van der Waals surface area (Å²) in [5.74, 6) is -4.21. The third-order valence-electron chi connectivity index (χ3n) is 8.43. The summed E-state index contributed by atoms with van der Waals surface area (Å²) >= 11 is 0. The maximum absolute atomic E-state index is 14.8. The van der Waals surface area contributed by atoms with E-state index < -0.39 is 71.7 Å². The molecule has 1 fully saturated rings. The van der Waals surface area contributed by atoms with Gasteiger partial charge in [0, 0.05) is 28.3 Å². The van der Waals surface area contributed by atoms with Gasteiger partial charge < -0.3 is 30.4 Å². The van der Waals surface area contributed by atoms with E-state index in [9.17, 15) is 41.0 Å². The highest BCUT2D eigenvalue weighted by Gasteiger charge is 2.57. The number of rotatable bonds is 10. The predicted molar refractivity (Wildman–Crippen MR) is 155 cm³/mol. The van der Waals surface area contributed by atoms with Crippen molar-refractivity contribution >= 4 is 22.7 Å². The molecule has 3 heterocycles. The molecule has 2 atom stereocenters. The van der Waals surface area contributed by atoms with Gasteiger partial charge in [-0.1, -0.05) is 0 Å². The number of methoxy groups -OCH3 is 1. The van der Waals surface area contributed by atoms with Crippen LogP contribution in [0.25, 0.3) is 22.2 Å². The fourth-order valence-corrected chi connectivity index (χ4v) is 5.41. The molecule has 4 N–H and O–H groups in total. The molecule has 11 nitrogen and oxygen atoms in total. The van der Waals surface area contributed by atoms with E-state index >= 15 is 0 Å². The molecule has 1 aliphatic carbocycles. The Morgan fingerprint density at radius 1 is 1.19 bits per heavy atom. The number of hydrogen-bond donors (Lipinski definition) is 3. The maximum atomic E-state index is 14.8. The number of halogens is 6. The van der Waals surface area contributed by atoms with Crippen LogP contribution >= 0.6 is 0 Å². The number of carbonyl (C=O) groups excluding carboxylic acids is 2. The van der Waals surface area contributed by atoms with Crippen LogP contribution in [0.15, 0.2) is 42.6 Å². The van der Waals surface area contributed by atoms with Crippen molar-refractivity contribution in [2.45, 2.75) is 49.6 Å². The molecule has 2 aromatic carbocycles. The molecule has 2 aromatic heterocycles. The highest BCUT2D eigenvalue weighted by Crippen LogP contribution is 2.48. The van der Waals surface area contributed by atoms with E-state index in [0.29, 0.717) is 17.0 Å². The summed E-state index contributed by atoms with van der Waals surface area (Å²) in [6.07, 6.45) is -1.94. The molecular weight excluding hydrogens is 652 g/mol. The zero-order chi connectivity index (χ0) is 34.8. The fraction of sp³-hybridized carbons (Fsp3) is 0.355. The van der Waals surface area contributed by atoms with Gasteiger partial charge in [0.1, 0.15) is 34.7 Å². The van der Waals surface area contributed by atoms with Crippen LogP contribution in [0, 0.1) is 5.82 Å². The van der Waals surface area contributed by atoms with E-state index in [1.54, 1.807) is 10.9 Å². The summed E-state index contributed by atoms with van der Waals surface area (Å²) in [6, 6.07) is 6.16. The number of ether oxygens (including phenoxy) is 3. The van der Waals surface area contributed by atoms with Crippen LogP contribution in [0.4, 0.5) is 26.3 Å². The normalized spacial score (nSPS) is 18.7. The second kappa shape index (κ2) is 11.6. The Labute approximate surface area is 267 Å². The van der Waals surface area contributed by atoms with E-state index in [0.717, 1.165) is 31.0 Å². The zero-order valence-corrected chi connectivity index (χ0v) is 25.2. The average Bonchev–Trinajstić information content (AvgIpc) is 3.70. The summed E-state index contributed by atoms with van der Waals surface area (Å²) in [6.45, 7) is -4.06. The molecule has 1 saturated carbocycles. The van der Waals surface area contributed by atoms with Crippen molar-refractivity contribution in [2.24, 2.45) is 5.73 Å². The Morgan fingerprint density at radius 3 is 2.54 bits per heavy atom. The van der Waals surface area contributed by atoms with Crippen molar-refractivity contribution < 1.29 is 55.2 Å². The number of aliphatic hydroxyl groups is 1. The molecule has 17 heteroatoms. The lowest BCUT2D eigenvalue weighted by molar-refractivity contribution is -0.265. The molecule has 6 rings (SSSR count). The monoisotopic (exact) mass is 679 g/mol. The first-order valence-corrected chi connectivity index (χ1v) is 14.4. The zero-order valence-electron chi connectivity index (χ0n) is 25.2. The number of benzene rings is 2. The van der Waals surface area contributed by atoms with Gasteiger partial charge in [-0.3, -0.25) is 14.3 Å². The second-order valence-corrected chi connectivity index (χ2v) is 11.7. The van der Waals surface area contributed by atoms with Crippen molar-refractivity contribution in [1.29, 1.82) is 0 Å². The standard InChI is InChI=1S/C31H27F6N5O6/c1-29(27(38)44)13-47-25-18(29)10-22(40-24(25)14-3-6-19(32)20(8-14)48-28(33)34)30(45,31(35,36)37)12-39-26(43)15-7-16-11-42(17-4-5-17)41-23(16)21(9-15)46-2/h3,6-11,17,28,45H,4-5,12-13H2,1-2H3,(H2,38,44)(H,39,43)/t29-,30?/m0/s1. The Morgan fingerprint density at radius 2 is 1.92 bits per heavy atom. The summed E-state index contributed by atoms with van der Waals surface area (Å²) in [5, 5.41) is 18.4. The van der Waals surface area contributed by atoms with Crippen molar-refractivity contribution in [3.05, 3.63) is 65.2 Å². The van der Waals surface area contributed by atoms with Gasteiger partial charge in [0.25, 0.3) is 5.91 Å². The van der Waals surface area contributed by atoms with Crippen molar-refractivity contribution in [3.63, 3.8) is 0 Å². The van der Waals surface area contributed by atoms with Crippen molar-refractivity contribution in [2.75, 3.05) is 20.3 Å². The Bertz CT molecular complexity index is 1950.